The van der Waals surface area contributed by atoms with Crippen molar-refractivity contribution in [1.82, 2.24) is 4.90 Å². The fraction of sp³-hybridized carbons (Fsp3) is 0.538. The van der Waals surface area contributed by atoms with Gasteiger partial charge in [-0.25, -0.2) is 4.79 Å². The normalized spacial score (nSPS) is 24.9. The number of rotatable bonds is 6. The van der Waals surface area contributed by atoms with E-state index in [0.29, 0.717) is 23.5 Å². The number of piperidine rings is 1. The molecule has 2 heterocycles. The molecule has 34 heavy (non-hydrogen) atoms. The number of ether oxygens (including phenoxy) is 2. The lowest BCUT2D eigenvalue weighted by molar-refractivity contribution is -0.135. The number of aliphatic hydroxyl groups is 1. The first kappa shape index (κ1) is 24.7. The number of aryl methyl sites for hydroxylation is 1. The molecule has 1 aromatic carbocycles. The van der Waals surface area contributed by atoms with E-state index in [1.165, 1.54) is 18.4 Å². The largest absolute Gasteiger partial charge is 0.496 e. The number of nitrogens with one attached hydrogen (secondary N) is 1. The van der Waals surface area contributed by atoms with E-state index in [1.807, 2.05) is 38.1 Å². The predicted molar refractivity (Wildman–Crippen MR) is 133 cm³/mol. The minimum Gasteiger partial charge on any atom is -0.496 e. The van der Waals surface area contributed by atoms with Gasteiger partial charge in [0.25, 0.3) is 0 Å². The molecule has 1 aliphatic carbocycles. The molecule has 184 valence electrons. The standard InChI is InChI=1S/C26H34N2O5S/c1-16-17(2)34-24(22(16)25(30)33-4)27-21(29)15-28-14-13-26(31)12-8-7-10-19(26)23(28)18-9-5-6-11-20(18)32-3/h5-6,9,11,19,23,31H,7-8,10,12-15H2,1-4H3,(H,27,29)/t19-,23-,26+/m0/s1. The summed E-state index contributed by atoms with van der Waals surface area (Å²) < 4.78 is 10.6. The highest BCUT2D eigenvalue weighted by molar-refractivity contribution is 7.16. The summed E-state index contributed by atoms with van der Waals surface area (Å²) >= 11 is 1.38. The lowest BCUT2D eigenvalue weighted by Crippen LogP contribution is -2.56. The van der Waals surface area contributed by atoms with E-state index in [2.05, 4.69) is 10.2 Å². The van der Waals surface area contributed by atoms with Gasteiger partial charge in [-0.05, 0) is 44.7 Å². The Morgan fingerprint density at radius 3 is 2.71 bits per heavy atom. The molecule has 7 nitrogen and oxygen atoms in total. The Kier molecular flexibility index (Phi) is 7.31. The van der Waals surface area contributed by atoms with Crippen molar-refractivity contribution in [3.8, 4) is 5.75 Å². The Bertz CT molecular complexity index is 1070. The number of para-hydroxylation sites is 1. The highest BCUT2D eigenvalue weighted by Crippen LogP contribution is 2.50. The van der Waals surface area contributed by atoms with Crippen LogP contribution in [0.1, 0.15) is 64.5 Å². The Morgan fingerprint density at radius 2 is 1.97 bits per heavy atom. The van der Waals surface area contributed by atoms with Crippen molar-refractivity contribution in [3.63, 3.8) is 0 Å². The van der Waals surface area contributed by atoms with Crippen LogP contribution in [-0.2, 0) is 9.53 Å². The number of hydrogen-bond donors (Lipinski definition) is 2. The highest BCUT2D eigenvalue weighted by atomic mass is 32.1. The van der Waals surface area contributed by atoms with Crippen LogP contribution in [-0.4, -0.2) is 54.8 Å². The number of fused-ring (bicyclic) bond motifs is 1. The SMILES string of the molecule is COC(=O)c1c(NC(=O)CN2CC[C@]3(O)CCCC[C@H]3[C@@H]2c2ccccc2OC)sc(C)c1C. The second kappa shape index (κ2) is 10.1. The van der Waals surface area contributed by atoms with E-state index in [0.717, 1.165) is 47.4 Å². The molecule has 1 saturated carbocycles. The number of likely N-dealkylation sites (tertiary alicyclic amines) is 1. The second-order valence-corrected chi connectivity index (χ2v) is 10.6. The zero-order chi connectivity index (χ0) is 24.5. The van der Waals surface area contributed by atoms with E-state index in [-0.39, 0.29) is 24.4 Å². The second-order valence-electron chi connectivity index (χ2n) is 9.39. The summed E-state index contributed by atoms with van der Waals surface area (Å²) in [5, 5.41) is 15.0. The highest BCUT2D eigenvalue weighted by Gasteiger charge is 2.49. The molecular formula is C26H34N2O5S. The maximum Gasteiger partial charge on any atom is 0.341 e. The van der Waals surface area contributed by atoms with Crippen molar-refractivity contribution in [1.29, 1.82) is 0 Å². The monoisotopic (exact) mass is 486 g/mol. The van der Waals surface area contributed by atoms with Crippen LogP contribution in [0.4, 0.5) is 5.00 Å². The molecule has 0 radical (unpaired) electrons. The van der Waals surface area contributed by atoms with Gasteiger partial charge in [0.15, 0.2) is 0 Å². The summed E-state index contributed by atoms with van der Waals surface area (Å²) in [4.78, 5) is 28.7. The molecule has 8 heteroatoms. The third-order valence-corrected chi connectivity index (χ3v) is 8.63. The summed E-state index contributed by atoms with van der Waals surface area (Å²) in [6.07, 6.45) is 4.43. The average Bonchev–Trinajstić information content (AvgIpc) is 3.11. The molecule has 3 atom stereocenters. The van der Waals surface area contributed by atoms with E-state index in [1.54, 1.807) is 7.11 Å². The number of nitrogens with zero attached hydrogens (tertiary/aromatic N) is 1. The number of benzene rings is 1. The first-order chi connectivity index (χ1) is 16.3. The predicted octanol–water partition coefficient (Wildman–Crippen LogP) is 4.47. The van der Waals surface area contributed by atoms with Crippen LogP contribution in [0.5, 0.6) is 5.75 Å². The van der Waals surface area contributed by atoms with Gasteiger partial charge in [-0.1, -0.05) is 31.0 Å². The average molecular weight is 487 g/mol. The van der Waals surface area contributed by atoms with Crippen molar-refractivity contribution in [3.05, 3.63) is 45.8 Å². The molecule has 0 bridgehead atoms. The molecule has 2 aromatic rings. The van der Waals surface area contributed by atoms with Crippen LogP contribution in [0.15, 0.2) is 24.3 Å². The number of thiophene rings is 1. The number of esters is 1. The van der Waals surface area contributed by atoms with Crippen molar-refractivity contribution in [2.75, 3.05) is 32.6 Å². The molecule has 0 unspecified atom stereocenters. The van der Waals surface area contributed by atoms with Crippen LogP contribution in [0.2, 0.25) is 0 Å². The van der Waals surface area contributed by atoms with Gasteiger partial charge >= 0.3 is 5.97 Å². The number of amides is 1. The van der Waals surface area contributed by atoms with E-state index in [4.69, 9.17) is 9.47 Å². The third-order valence-electron chi connectivity index (χ3n) is 7.50. The lowest BCUT2D eigenvalue weighted by atomic mass is 9.66. The van der Waals surface area contributed by atoms with Crippen LogP contribution in [0, 0.1) is 19.8 Å². The van der Waals surface area contributed by atoms with Gasteiger partial charge in [0, 0.05) is 28.9 Å². The van der Waals surface area contributed by atoms with Gasteiger partial charge in [0.1, 0.15) is 10.8 Å². The van der Waals surface area contributed by atoms with Crippen LogP contribution >= 0.6 is 11.3 Å². The van der Waals surface area contributed by atoms with Crippen molar-refractivity contribution in [2.45, 2.75) is 57.6 Å². The van der Waals surface area contributed by atoms with Gasteiger partial charge in [-0.15, -0.1) is 11.3 Å². The molecule has 2 aliphatic rings. The van der Waals surface area contributed by atoms with Crippen molar-refractivity contribution >= 4 is 28.2 Å². The summed E-state index contributed by atoms with van der Waals surface area (Å²) in [5.74, 6) is 0.156. The zero-order valence-electron chi connectivity index (χ0n) is 20.3. The maximum absolute atomic E-state index is 13.2. The van der Waals surface area contributed by atoms with E-state index in [9.17, 15) is 14.7 Å². The molecule has 2 N–H and O–H groups in total. The summed E-state index contributed by atoms with van der Waals surface area (Å²) in [6, 6.07) is 7.75. The van der Waals surface area contributed by atoms with E-state index >= 15 is 0 Å². The first-order valence-corrected chi connectivity index (χ1v) is 12.7. The summed E-state index contributed by atoms with van der Waals surface area (Å²) in [6.45, 7) is 4.55. The summed E-state index contributed by atoms with van der Waals surface area (Å²) in [5.41, 5.74) is 1.52. The Morgan fingerprint density at radius 1 is 1.21 bits per heavy atom. The molecule has 0 spiro atoms. The molecule has 4 rings (SSSR count). The molecule has 1 aromatic heterocycles. The van der Waals surface area contributed by atoms with Crippen molar-refractivity contribution in [2.24, 2.45) is 5.92 Å². The number of hydrogen-bond acceptors (Lipinski definition) is 7. The minimum atomic E-state index is -0.725. The molecular weight excluding hydrogens is 452 g/mol. The zero-order valence-corrected chi connectivity index (χ0v) is 21.2. The quantitative estimate of drug-likeness (QED) is 0.586. The van der Waals surface area contributed by atoms with E-state index < -0.39 is 11.6 Å². The molecule has 1 saturated heterocycles. The first-order valence-electron chi connectivity index (χ1n) is 11.9. The maximum atomic E-state index is 13.2. The van der Waals surface area contributed by atoms with Gasteiger partial charge < -0.3 is 19.9 Å². The Hall–Kier alpha value is -2.42. The minimum absolute atomic E-state index is 0.0240. The topological polar surface area (TPSA) is 88.1 Å². The number of carbonyl (C=O) groups is 2. The Labute approximate surface area is 205 Å². The lowest BCUT2D eigenvalue weighted by Gasteiger charge is -2.52. The Balaban J connectivity index is 1.62. The van der Waals surface area contributed by atoms with Gasteiger partial charge in [-0.3, -0.25) is 9.69 Å². The van der Waals surface area contributed by atoms with Gasteiger partial charge in [0.05, 0.1) is 31.9 Å². The molecule has 2 fully saturated rings. The van der Waals surface area contributed by atoms with Gasteiger partial charge in [-0.2, -0.15) is 0 Å². The van der Waals surface area contributed by atoms with Gasteiger partial charge in [0.2, 0.25) is 5.91 Å². The van der Waals surface area contributed by atoms with Crippen LogP contribution in [0.3, 0.4) is 0 Å². The van der Waals surface area contributed by atoms with Crippen molar-refractivity contribution < 1.29 is 24.2 Å². The fourth-order valence-corrected chi connectivity index (χ4v) is 6.72. The van der Waals surface area contributed by atoms with Crippen LogP contribution in [0.25, 0.3) is 0 Å². The number of anilines is 1. The number of carbonyl (C=O) groups excluding carboxylic acids is 2. The smallest absolute Gasteiger partial charge is 0.341 e. The molecule has 1 amide bonds. The number of methoxy groups -OCH3 is 2. The third kappa shape index (κ3) is 4.59. The fourth-order valence-electron chi connectivity index (χ4n) is 5.66. The van der Waals surface area contributed by atoms with Crippen LogP contribution < -0.4 is 10.1 Å². The molecule has 1 aliphatic heterocycles. The summed E-state index contributed by atoms with van der Waals surface area (Å²) in [7, 11) is 3.00.